The molecule has 1 aliphatic heterocycles. The van der Waals surface area contributed by atoms with Gasteiger partial charge in [0.15, 0.2) is 0 Å². The largest absolute Gasteiger partial charge is 0.315 e. The van der Waals surface area contributed by atoms with Crippen LogP contribution in [0.5, 0.6) is 0 Å². The molecule has 1 heterocycles. The molecule has 1 fully saturated rings. The second-order valence-corrected chi connectivity index (χ2v) is 5.44. The van der Waals surface area contributed by atoms with E-state index in [2.05, 4.69) is 30.1 Å². The second-order valence-electron chi connectivity index (χ2n) is 5.44. The summed E-state index contributed by atoms with van der Waals surface area (Å²) in [6, 6.07) is 0. The lowest BCUT2D eigenvalue weighted by molar-refractivity contribution is -0.129. The number of hydrogen-bond donors (Lipinski definition) is 0. The van der Waals surface area contributed by atoms with E-state index < -0.39 is 0 Å². The molecular formula is C16H24N2O. The second kappa shape index (κ2) is 6.71. The highest BCUT2D eigenvalue weighted by Gasteiger charge is 2.18. The quantitative estimate of drug-likeness (QED) is 0.779. The molecule has 0 aromatic carbocycles. The lowest BCUT2D eigenvalue weighted by Gasteiger charge is -2.28. The maximum Gasteiger partial charge on any atom is 0.240 e. The minimum atomic E-state index is 0.192. The molecule has 0 spiro atoms. The number of rotatable bonds is 3. The van der Waals surface area contributed by atoms with Crippen LogP contribution in [-0.2, 0) is 4.79 Å². The first-order valence-corrected chi connectivity index (χ1v) is 7.21. The van der Waals surface area contributed by atoms with Crippen LogP contribution in [0, 0.1) is 0 Å². The predicted molar refractivity (Wildman–Crippen MR) is 78.7 cm³/mol. The molecule has 1 aliphatic carbocycles. The fourth-order valence-corrected chi connectivity index (χ4v) is 2.53. The summed E-state index contributed by atoms with van der Waals surface area (Å²) in [6.45, 7) is 4.77. The van der Waals surface area contributed by atoms with Crippen LogP contribution in [0.15, 0.2) is 35.6 Å². The summed E-state index contributed by atoms with van der Waals surface area (Å²) in [5.74, 6) is 0.192. The van der Waals surface area contributed by atoms with Gasteiger partial charge in [-0.3, -0.25) is 9.69 Å². The van der Waals surface area contributed by atoms with Crippen molar-refractivity contribution >= 4 is 5.91 Å². The van der Waals surface area contributed by atoms with Gasteiger partial charge < -0.3 is 4.90 Å². The van der Waals surface area contributed by atoms with Crippen LogP contribution in [-0.4, -0.2) is 42.4 Å². The van der Waals surface area contributed by atoms with Gasteiger partial charge in [-0.2, -0.15) is 0 Å². The van der Waals surface area contributed by atoms with Crippen LogP contribution in [0.25, 0.3) is 0 Å². The summed E-state index contributed by atoms with van der Waals surface area (Å²) in [6.07, 6.45) is 13.0. The molecule has 0 bridgehead atoms. The number of carbonyl (C=O) groups is 1. The van der Waals surface area contributed by atoms with E-state index in [4.69, 9.17) is 0 Å². The lowest BCUT2D eigenvalue weighted by atomic mass is 10.1. The Bertz CT molecular complexity index is 414. The van der Waals surface area contributed by atoms with Crippen LogP contribution >= 0.6 is 0 Å². The van der Waals surface area contributed by atoms with Crippen LogP contribution < -0.4 is 0 Å². The molecule has 0 aromatic rings. The number of likely N-dealkylation sites (N-methyl/N-ethyl adjacent to an activating group) is 1. The summed E-state index contributed by atoms with van der Waals surface area (Å²) < 4.78 is 0. The number of hydrogen-bond acceptors (Lipinski definition) is 2. The summed E-state index contributed by atoms with van der Waals surface area (Å²) in [5.41, 5.74) is 2.26. The Morgan fingerprint density at radius 1 is 1.21 bits per heavy atom. The Morgan fingerprint density at radius 3 is 2.68 bits per heavy atom. The highest BCUT2D eigenvalue weighted by Crippen LogP contribution is 2.14. The first kappa shape index (κ1) is 14.1. The summed E-state index contributed by atoms with van der Waals surface area (Å²) >= 11 is 0. The van der Waals surface area contributed by atoms with E-state index in [-0.39, 0.29) is 5.91 Å². The number of carbonyl (C=O) groups excluding carboxylic acids is 1. The van der Waals surface area contributed by atoms with Crippen LogP contribution in [0.1, 0.15) is 32.6 Å². The van der Waals surface area contributed by atoms with E-state index in [0.29, 0.717) is 6.54 Å². The molecule has 19 heavy (non-hydrogen) atoms. The van der Waals surface area contributed by atoms with E-state index in [1.54, 1.807) is 4.90 Å². The average molecular weight is 260 g/mol. The molecular weight excluding hydrogens is 236 g/mol. The lowest BCUT2D eigenvalue weighted by Crippen LogP contribution is -2.40. The third-order valence-electron chi connectivity index (χ3n) is 3.85. The molecule has 2 aliphatic rings. The van der Waals surface area contributed by atoms with Gasteiger partial charge in [-0.15, -0.1) is 0 Å². The van der Waals surface area contributed by atoms with Crippen molar-refractivity contribution in [3.63, 3.8) is 0 Å². The topological polar surface area (TPSA) is 23.6 Å². The van der Waals surface area contributed by atoms with E-state index >= 15 is 0 Å². The average Bonchev–Trinajstić information content (AvgIpc) is 2.64. The molecule has 0 saturated carbocycles. The maximum atomic E-state index is 12.3. The summed E-state index contributed by atoms with van der Waals surface area (Å²) in [4.78, 5) is 16.4. The number of nitrogens with zero attached hydrogens (tertiary/aromatic N) is 2. The molecule has 2 rings (SSSR count). The van der Waals surface area contributed by atoms with Crippen molar-refractivity contribution < 1.29 is 4.79 Å². The van der Waals surface area contributed by atoms with Gasteiger partial charge in [-0.25, -0.2) is 0 Å². The van der Waals surface area contributed by atoms with E-state index in [1.807, 2.05) is 13.1 Å². The molecule has 0 unspecified atom stereocenters. The van der Waals surface area contributed by atoms with Gasteiger partial charge in [0.1, 0.15) is 0 Å². The van der Waals surface area contributed by atoms with Gasteiger partial charge >= 0.3 is 0 Å². The van der Waals surface area contributed by atoms with Gasteiger partial charge in [-0.05, 0) is 45.4 Å². The number of amides is 1. The molecule has 104 valence electrons. The van der Waals surface area contributed by atoms with Crippen molar-refractivity contribution in [2.75, 3.05) is 26.7 Å². The highest BCUT2D eigenvalue weighted by atomic mass is 16.2. The zero-order valence-corrected chi connectivity index (χ0v) is 12.1. The van der Waals surface area contributed by atoms with Crippen molar-refractivity contribution in [1.82, 2.24) is 9.80 Å². The van der Waals surface area contributed by atoms with Gasteiger partial charge in [0.2, 0.25) is 5.91 Å². The first-order valence-electron chi connectivity index (χ1n) is 7.21. The molecule has 3 nitrogen and oxygen atoms in total. The van der Waals surface area contributed by atoms with Gasteiger partial charge in [0.05, 0.1) is 6.54 Å². The molecule has 0 atom stereocenters. The Morgan fingerprint density at radius 2 is 1.95 bits per heavy atom. The van der Waals surface area contributed by atoms with Crippen LogP contribution in [0.4, 0.5) is 0 Å². The fraction of sp³-hybridized carbons (Fsp3) is 0.562. The summed E-state index contributed by atoms with van der Waals surface area (Å²) in [7, 11) is 1.88. The number of likely N-dealkylation sites (tertiary alicyclic amines) is 1. The molecule has 1 amide bonds. The van der Waals surface area contributed by atoms with Crippen molar-refractivity contribution in [3.8, 4) is 0 Å². The Balaban J connectivity index is 1.91. The van der Waals surface area contributed by atoms with Crippen molar-refractivity contribution in [3.05, 3.63) is 35.6 Å². The van der Waals surface area contributed by atoms with E-state index in [0.717, 1.165) is 25.2 Å². The smallest absolute Gasteiger partial charge is 0.240 e. The number of piperidine rings is 1. The molecule has 0 aromatic heterocycles. The zero-order valence-electron chi connectivity index (χ0n) is 12.1. The van der Waals surface area contributed by atoms with Crippen molar-refractivity contribution in [2.24, 2.45) is 0 Å². The van der Waals surface area contributed by atoms with Gasteiger partial charge in [-0.1, -0.05) is 30.2 Å². The maximum absolute atomic E-state index is 12.3. The molecule has 0 radical (unpaired) electrons. The van der Waals surface area contributed by atoms with Crippen molar-refractivity contribution in [2.45, 2.75) is 32.6 Å². The van der Waals surface area contributed by atoms with Crippen molar-refractivity contribution in [1.29, 1.82) is 0 Å². The number of allylic oxidation sites excluding steroid dienone is 5. The predicted octanol–water partition coefficient (Wildman–Crippen LogP) is 2.72. The molecule has 3 heteroatoms. The Kier molecular flexibility index (Phi) is 4.97. The fourth-order valence-electron chi connectivity index (χ4n) is 2.53. The first-order chi connectivity index (χ1) is 9.16. The third kappa shape index (κ3) is 4.06. The van der Waals surface area contributed by atoms with Crippen LogP contribution in [0.2, 0.25) is 0 Å². The SMILES string of the molecule is CC1=CCC=C(N(C)C(=O)CN2CCCCC2)C=C1. The monoisotopic (exact) mass is 260 g/mol. The standard InChI is InChI=1S/C16H24N2O/c1-14-7-6-8-15(10-9-14)17(2)16(19)13-18-11-4-3-5-12-18/h7-10H,3-6,11-13H2,1-2H3. The minimum Gasteiger partial charge on any atom is -0.315 e. The van der Waals surface area contributed by atoms with E-state index in [1.165, 1.54) is 24.8 Å². The Labute approximate surface area is 116 Å². The minimum absolute atomic E-state index is 0.192. The molecule has 1 saturated heterocycles. The third-order valence-corrected chi connectivity index (χ3v) is 3.85. The highest BCUT2D eigenvalue weighted by molar-refractivity contribution is 5.80. The van der Waals surface area contributed by atoms with E-state index in [9.17, 15) is 4.79 Å². The van der Waals surface area contributed by atoms with Crippen LogP contribution in [0.3, 0.4) is 0 Å². The summed E-state index contributed by atoms with van der Waals surface area (Å²) in [5, 5.41) is 0. The van der Waals surface area contributed by atoms with Gasteiger partial charge in [0, 0.05) is 12.7 Å². The molecule has 0 N–H and O–H groups in total. The van der Waals surface area contributed by atoms with Gasteiger partial charge in [0.25, 0.3) is 0 Å². The zero-order chi connectivity index (χ0) is 13.7. The normalized spacial score (nSPS) is 20.5. The Hall–Kier alpha value is -1.35.